The topological polar surface area (TPSA) is 57.6 Å². The molecule has 1 aliphatic rings. The van der Waals surface area contributed by atoms with E-state index in [9.17, 15) is 8.42 Å². The highest BCUT2D eigenvalue weighted by atomic mass is 35.5. The maximum absolute atomic E-state index is 10.5. The van der Waals surface area contributed by atoms with E-state index in [4.69, 9.17) is 27.8 Å². The van der Waals surface area contributed by atoms with Gasteiger partial charge in [-0.15, -0.1) is 0 Å². The van der Waals surface area contributed by atoms with E-state index in [1.807, 2.05) is 25.1 Å². The van der Waals surface area contributed by atoms with Crippen LogP contribution < -0.4 is 4.90 Å². The minimum absolute atomic E-state index is 0.0666. The number of anilines is 1. The molecule has 1 unspecified atom stereocenters. The standard InChI is InChI=1S/C17H17Cl2N.C7H8O3S/c1-20(13-9-10-15(18)16(19)11-13)17-8-4-6-12-5-2-3-7-14(12)17;1-6-2-4-7(5-3-6)11(8,9)10/h2-3,5,7,9-11,17H,4,6,8H2,1H3;2-5H,1H3,(H,8,9,10). The fourth-order valence-electron chi connectivity index (χ4n) is 3.73. The average molecular weight is 478 g/mol. The van der Waals surface area contributed by atoms with Gasteiger partial charge in [-0.1, -0.05) is 65.2 Å². The molecule has 4 rings (SSSR count). The Hall–Kier alpha value is -2.05. The van der Waals surface area contributed by atoms with E-state index in [2.05, 4.69) is 36.2 Å². The monoisotopic (exact) mass is 477 g/mol. The minimum atomic E-state index is -4.02. The van der Waals surface area contributed by atoms with Gasteiger partial charge in [0, 0.05) is 12.7 Å². The molecule has 0 fully saturated rings. The summed E-state index contributed by atoms with van der Waals surface area (Å²) in [5.41, 5.74) is 4.97. The molecule has 0 aromatic heterocycles. The molecular weight excluding hydrogens is 453 g/mol. The van der Waals surface area contributed by atoms with Crippen LogP contribution >= 0.6 is 23.2 Å². The molecule has 0 saturated heterocycles. The second kappa shape index (κ2) is 10.0. The van der Waals surface area contributed by atoms with Gasteiger partial charge in [0.2, 0.25) is 0 Å². The Balaban J connectivity index is 0.000000210. The van der Waals surface area contributed by atoms with Crippen LogP contribution in [0.4, 0.5) is 5.69 Å². The Morgan fingerprint density at radius 1 is 0.968 bits per heavy atom. The van der Waals surface area contributed by atoms with E-state index in [1.54, 1.807) is 12.1 Å². The van der Waals surface area contributed by atoms with Gasteiger partial charge in [-0.25, -0.2) is 0 Å². The lowest BCUT2D eigenvalue weighted by Gasteiger charge is -2.35. The molecule has 0 aliphatic heterocycles. The molecule has 0 heterocycles. The van der Waals surface area contributed by atoms with Crippen molar-refractivity contribution in [1.82, 2.24) is 0 Å². The number of benzene rings is 3. The molecule has 4 nitrogen and oxygen atoms in total. The largest absolute Gasteiger partial charge is 0.367 e. The van der Waals surface area contributed by atoms with E-state index in [-0.39, 0.29) is 4.90 Å². The summed E-state index contributed by atoms with van der Waals surface area (Å²) >= 11 is 12.1. The molecular formula is C24H25Cl2NO3S. The molecule has 0 spiro atoms. The second-order valence-corrected chi connectivity index (χ2v) is 9.84. The Morgan fingerprint density at radius 2 is 1.65 bits per heavy atom. The van der Waals surface area contributed by atoms with Crippen LogP contribution in [0.1, 0.15) is 35.6 Å². The Bertz CT molecular complexity index is 1150. The summed E-state index contributed by atoms with van der Waals surface area (Å²) in [7, 11) is -1.89. The van der Waals surface area contributed by atoms with Crippen LogP contribution in [-0.4, -0.2) is 20.0 Å². The SMILES string of the molecule is CN(c1ccc(Cl)c(Cl)c1)C1CCCc2ccccc21.Cc1ccc(S(=O)(=O)O)cc1. The zero-order valence-corrected chi connectivity index (χ0v) is 19.8. The highest BCUT2D eigenvalue weighted by molar-refractivity contribution is 7.85. The number of halogens is 2. The van der Waals surface area contributed by atoms with Crippen LogP contribution in [0.5, 0.6) is 0 Å². The van der Waals surface area contributed by atoms with E-state index in [0.717, 1.165) is 11.3 Å². The van der Waals surface area contributed by atoms with Gasteiger partial charge in [0.05, 0.1) is 21.0 Å². The highest BCUT2D eigenvalue weighted by Crippen LogP contribution is 2.37. The zero-order valence-electron chi connectivity index (χ0n) is 17.4. The summed E-state index contributed by atoms with van der Waals surface area (Å²) in [4.78, 5) is 2.24. The van der Waals surface area contributed by atoms with Crippen molar-refractivity contribution in [3.05, 3.63) is 93.5 Å². The molecule has 0 saturated carbocycles. The lowest BCUT2D eigenvalue weighted by atomic mass is 9.87. The molecule has 164 valence electrons. The van der Waals surface area contributed by atoms with Crippen LogP contribution in [0.25, 0.3) is 0 Å². The fourth-order valence-corrected chi connectivity index (χ4v) is 4.50. The summed E-state index contributed by atoms with van der Waals surface area (Å²) in [5, 5.41) is 1.22. The first-order valence-corrected chi connectivity index (χ1v) is 12.2. The normalized spacial score (nSPS) is 15.5. The van der Waals surface area contributed by atoms with Gasteiger partial charge in [0.15, 0.2) is 0 Å². The third-order valence-electron chi connectivity index (χ3n) is 5.43. The number of aryl methyl sites for hydroxylation is 2. The molecule has 0 radical (unpaired) electrons. The molecule has 7 heteroatoms. The summed E-state index contributed by atoms with van der Waals surface area (Å²) in [6, 6.07) is 21.0. The molecule has 3 aromatic carbocycles. The van der Waals surface area contributed by atoms with Gasteiger partial charge >= 0.3 is 0 Å². The quantitative estimate of drug-likeness (QED) is 0.423. The first-order chi connectivity index (χ1) is 14.7. The number of fused-ring (bicyclic) bond motifs is 1. The van der Waals surface area contributed by atoms with Crippen molar-refractivity contribution in [2.45, 2.75) is 37.1 Å². The highest BCUT2D eigenvalue weighted by Gasteiger charge is 2.23. The van der Waals surface area contributed by atoms with Crippen molar-refractivity contribution in [2.24, 2.45) is 0 Å². The molecule has 0 bridgehead atoms. The summed E-state index contributed by atoms with van der Waals surface area (Å²) < 4.78 is 29.6. The number of rotatable bonds is 3. The van der Waals surface area contributed by atoms with Crippen molar-refractivity contribution < 1.29 is 13.0 Å². The molecule has 31 heavy (non-hydrogen) atoms. The Labute approximate surface area is 194 Å². The number of hydrogen-bond donors (Lipinski definition) is 1. The molecule has 0 amide bonds. The predicted molar refractivity (Wildman–Crippen MR) is 128 cm³/mol. The lowest BCUT2D eigenvalue weighted by Crippen LogP contribution is -2.27. The van der Waals surface area contributed by atoms with Gasteiger partial charge in [0.1, 0.15) is 0 Å². The maximum atomic E-state index is 10.5. The molecule has 1 aliphatic carbocycles. The van der Waals surface area contributed by atoms with Crippen LogP contribution in [-0.2, 0) is 16.5 Å². The number of nitrogens with zero attached hydrogens (tertiary/aromatic N) is 1. The molecule has 1 atom stereocenters. The van der Waals surface area contributed by atoms with Crippen molar-refractivity contribution >= 4 is 39.0 Å². The fraction of sp³-hybridized carbons (Fsp3) is 0.250. The summed E-state index contributed by atoms with van der Waals surface area (Å²) in [6.07, 6.45) is 3.59. The van der Waals surface area contributed by atoms with Gasteiger partial charge in [0.25, 0.3) is 10.1 Å². The van der Waals surface area contributed by atoms with Gasteiger partial charge in [-0.3, -0.25) is 4.55 Å². The third kappa shape index (κ3) is 6.01. The summed E-state index contributed by atoms with van der Waals surface area (Å²) in [5.74, 6) is 0. The minimum Gasteiger partial charge on any atom is -0.367 e. The number of hydrogen-bond acceptors (Lipinski definition) is 3. The van der Waals surface area contributed by atoms with E-state index >= 15 is 0 Å². The van der Waals surface area contributed by atoms with Gasteiger partial charge in [-0.05, 0) is 67.6 Å². The van der Waals surface area contributed by atoms with Crippen molar-refractivity contribution in [2.75, 3.05) is 11.9 Å². The van der Waals surface area contributed by atoms with Crippen molar-refractivity contribution in [3.63, 3.8) is 0 Å². The third-order valence-corrected chi connectivity index (χ3v) is 7.04. The van der Waals surface area contributed by atoms with E-state index in [0.29, 0.717) is 16.1 Å². The molecule has 3 aromatic rings. The Morgan fingerprint density at radius 3 is 2.29 bits per heavy atom. The second-order valence-electron chi connectivity index (χ2n) is 7.60. The van der Waals surface area contributed by atoms with Gasteiger partial charge < -0.3 is 4.90 Å². The van der Waals surface area contributed by atoms with Crippen LogP contribution in [0, 0.1) is 6.92 Å². The van der Waals surface area contributed by atoms with E-state index < -0.39 is 10.1 Å². The zero-order chi connectivity index (χ0) is 22.6. The van der Waals surface area contributed by atoms with Crippen molar-refractivity contribution in [1.29, 1.82) is 0 Å². The van der Waals surface area contributed by atoms with Crippen LogP contribution in [0.3, 0.4) is 0 Å². The van der Waals surface area contributed by atoms with Crippen LogP contribution in [0.15, 0.2) is 71.6 Å². The van der Waals surface area contributed by atoms with Crippen molar-refractivity contribution in [3.8, 4) is 0 Å². The average Bonchev–Trinajstić information content (AvgIpc) is 2.75. The summed E-state index contributed by atoms with van der Waals surface area (Å²) in [6.45, 7) is 1.84. The lowest BCUT2D eigenvalue weighted by molar-refractivity contribution is 0.483. The van der Waals surface area contributed by atoms with Gasteiger partial charge in [-0.2, -0.15) is 8.42 Å². The Kier molecular flexibility index (Phi) is 7.65. The predicted octanol–water partition coefficient (Wildman–Crippen LogP) is 6.75. The first kappa shape index (κ1) is 23.6. The maximum Gasteiger partial charge on any atom is 0.294 e. The smallest absolute Gasteiger partial charge is 0.294 e. The first-order valence-electron chi connectivity index (χ1n) is 9.96. The van der Waals surface area contributed by atoms with Crippen LogP contribution in [0.2, 0.25) is 10.0 Å². The van der Waals surface area contributed by atoms with E-state index in [1.165, 1.54) is 42.5 Å². The molecule has 1 N–H and O–H groups in total.